The maximum Gasteiger partial charge on any atom is 0.231 e. The molecule has 1 aromatic carbocycles. The van der Waals surface area contributed by atoms with Gasteiger partial charge in [0, 0.05) is 25.2 Å². The highest BCUT2D eigenvalue weighted by atomic mass is 16.5. The molecule has 0 atom stereocenters. The zero-order valence-electron chi connectivity index (χ0n) is 13.9. The summed E-state index contributed by atoms with van der Waals surface area (Å²) in [5, 5.41) is 17.7. The molecule has 0 amide bonds. The van der Waals surface area contributed by atoms with Crippen LogP contribution < -0.4 is 0 Å². The minimum atomic E-state index is -0.586. The quantitative estimate of drug-likeness (QED) is 0.355. The van der Waals surface area contributed by atoms with Crippen molar-refractivity contribution in [2.24, 2.45) is 0 Å². The Morgan fingerprint density at radius 3 is 2.09 bits per heavy atom. The Morgan fingerprint density at radius 2 is 1.57 bits per heavy atom. The standard InChI is InChI=1S/C15H21NO5.C2H6/c17-9-6-16(7-10-18)8-11-21-12-14(19)15(20)13-4-2-1-3-5-13;1-2/h1-5,17-18H,6-12H2;1-2H3. The van der Waals surface area contributed by atoms with E-state index in [1.54, 1.807) is 30.3 Å². The fraction of sp³-hybridized carbons (Fsp3) is 0.529. The van der Waals surface area contributed by atoms with Gasteiger partial charge in [-0.2, -0.15) is 0 Å². The molecule has 0 bridgehead atoms. The number of carbonyl (C=O) groups is 2. The first-order valence-electron chi connectivity index (χ1n) is 7.83. The van der Waals surface area contributed by atoms with Gasteiger partial charge in [0.05, 0.1) is 19.8 Å². The highest BCUT2D eigenvalue weighted by Gasteiger charge is 2.15. The van der Waals surface area contributed by atoms with Gasteiger partial charge >= 0.3 is 0 Å². The van der Waals surface area contributed by atoms with Crippen LogP contribution in [0.4, 0.5) is 0 Å². The van der Waals surface area contributed by atoms with E-state index in [1.807, 2.05) is 18.7 Å². The number of hydrogen-bond donors (Lipinski definition) is 2. The molecule has 0 radical (unpaired) electrons. The monoisotopic (exact) mass is 325 g/mol. The van der Waals surface area contributed by atoms with Crippen molar-refractivity contribution in [3.63, 3.8) is 0 Å². The first kappa shape index (κ1) is 21.4. The largest absolute Gasteiger partial charge is 0.395 e. The van der Waals surface area contributed by atoms with Gasteiger partial charge in [-0.05, 0) is 0 Å². The summed E-state index contributed by atoms with van der Waals surface area (Å²) in [6, 6.07) is 8.34. The van der Waals surface area contributed by atoms with Crippen molar-refractivity contribution < 1.29 is 24.5 Å². The topological polar surface area (TPSA) is 87.1 Å². The number of ether oxygens (including phenoxy) is 1. The summed E-state index contributed by atoms with van der Waals surface area (Å²) >= 11 is 0. The number of rotatable bonds is 11. The second kappa shape index (κ2) is 14.0. The van der Waals surface area contributed by atoms with Crippen LogP contribution >= 0.6 is 0 Å². The molecule has 1 rings (SSSR count). The van der Waals surface area contributed by atoms with Crippen LogP contribution in [-0.2, 0) is 9.53 Å². The van der Waals surface area contributed by atoms with Crippen molar-refractivity contribution in [3.05, 3.63) is 35.9 Å². The average Bonchev–Trinajstić information content (AvgIpc) is 2.60. The van der Waals surface area contributed by atoms with Crippen molar-refractivity contribution in [2.75, 3.05) is 46.1 Å². The lowest BCUT2D eigenvalue weighted by Crippen LogP contribution is -2.33. The van der Waals surface area contributed by atoms with Crippen LogP contribution in [0.15, 0.2) is 30.3 Å². The number of hydrogen-bond acceptors (Lipinski definition) is 6. The Balaban J connectivity index is 0.00000232. The molecule has 0 unspecified atom stereocenters. The van der Waals surface area contributed by atoms with E-state index in [2.05, 4.69) is 0 Å². The molecule has 6 nitrogen and oxygen atoms in total. The zero-order valence-corrected chi connectivity index (χ0v) is 13.9. The van der Waals surface area contributed by atoms with Crippen LogP contribution in [0.1, 0.15) is 24.2 Å². The van der Waals surface area contributed by atoms with E-state index in [0.29, 0.717) is 25.2 Å². The normalized spacial score (nSPS) is 10.1. The lowest BCUT2D eigenvalue weighted by Gasteiger charge is -2.19. The van der Waals surface area contributed by atoms with Crippen LogP contribution in [-0.4, -0.2) is 72.7 Å². The molecular formula is C17H27NO5. The Labute approximate surface area is 137 Å². The second-order valence-corrected chi connectivity index (χ2v) is 4.46. The van der Waals surface area contributed by atoms with Crippen molar-refractivity contribution in [3.8, 4) is 0 Å². The molecule has 0 saturated carbocycles. The lowest BCUT2D eigenvalue weighted by atomic mass is 10.1. The van der Waals surface area contributed by atoms with E-state index in [1.165, 1.54) is 0 Å². The van der Waals surface area contributed by atoms with Gasteiger partial charge in [0.15, 0.2) is 0 Å². The van der Waals surface area contributed by atoms with E-state index in [4.69, 9.17) is 14.9 Å². The molecule has 1 aromatic rings. The Kier molecular flexibility index (Phi) is 13.0. The average molecular weight is 325 g/mol. The molecule has 23 heavy (non-hydrogen) atoms. The minimum Gasteiger partial charge on any atom is -0.395 e. The number of ketones is 2. The molecule has 6 heteroatoms. The van der Waals surface area contributed by atoms with Crippen molar-refractivity contribution in [2.45, 2.75) is 13.8 Å². The highest BCUT2D eigenvalue weighted by molar-refractivity contribution is 6.44. The summed E-state index contributed by atoms with van der Waals surface area (Å²) in [6.45, 7) is 5.32. The van der Waals surface area contributed by atoms with Crippen LogP contribution in [0, 0.1) is 0 Å². The number of nitrogens with zero attached hydrogens (tertiary/aromatic N) is 1. The maximum atomic E-state index is 11.8. The first-order valence-corrected chi connectivity index (χ1v) is 7.83. The van der Waals surface area contributed by atoms with E-state index >= 15 is 0 Å². The smallest absolute Gasteiger partial charge is 0.231 e. The van der Waals surface area contributed by atoms with E-state index < -0.39 is 11.6 Å². The van der Waals surface area contributed by atoms with Crippen molar-refractivity contribution >= 4 is 11.6 Å². The Morgan fingerprint density at radius 1 is 1.00 bits per heavy atom. The molecule has 0 aliphatic heterocycles. The highest BCUT2D eigenvalue weighted by Crippen LogP contribution is 2.01. The molecule has 0 aliphatic rings. The van der Waals surface area contributed by atoms with Crippen LogP contribution in [0.5, 0.6) is 0 Å². The predicted molar refractivity (Wildman–Crippen MR) is 88.6 cm³/mol. The molecule has 0 aromatic heterocycles. The molecular weight excluding hydrogens is 298 g/mol. The van der Waals surface area contributed by atoms with Gasteiger partial charge in [0.25, 0.3) is 0 Å². The Hall–Kier alpha value is -1.60. The van der Waals surface area contributed by atoms with Crippen LogP contribution in [0.2, 0.25) is 0 Å². The molecule has 0 aliphatic carbocycles. The molecule has 130 valence electrons. The first-order chi connectivity index (χ1) is 11.2. The molecule has 0 fully saturated rings. The van der Waals surface area contributed by atoms with Gasteiger partial charge in [-0.1, -0.05) is 44.2 Å². The van der Waals surface area contributed by atoms with Gasteiger partial charge in [-0.15, -0.1) is 0 Å². The molecule has 0 heterocycles. The van der Waals surface area contributed by atoms with Gasteiger partial charge in [0.1, 0.15) is 6.61 Å². The summed E-state index contributed by atoms with van der Waals surface area (Å²) in [5.41, 5.74) is 0.355. The fourth-order valence-electron chi connectivity index (χ4n) is 1.79. The number of Topliss-reactive ketones (excluding diaryl/α,β-unsaturated/α-hetero) is 2. The van der Waals surface area contributed by atoms with E-state index in [0.717, 1.165) is 0 Å². The number of carbonyl (C=O) groups excluding carboxylic acids is 2. The predicted octanol–water partition coefficient (Wildman–Crippen LogP) is 0.768. The molecule has 2 N–H and O–H groups in total. The third kappa shape index (κ3) is 9.20. The van der Waals surface area contributed by atoms with Crippen LogP contribution in [0.3, 0.4) is 0 Å². The third-order valence-electron chi connectivity index (χ3n) is 2.91. The summed E-state index contributed by atoms with van der Waals surface area (Å²) < 4.78 is 5.19. The maximum absolute atomic E-state index is 11.8. The van der Waals surface area contributed by atoms with Crippen LogP contribution in [0.25, 0.3) is 0 Å². The van der Waals surface area contributed by atoms with E-state index in [9.17, 15) is 9.59 Å². The number of aliphatic hydroxyl groups excluding tert-OH is 2. The zero-order chi connectivity index (χ0) is 17.5. The van der Waals surface area contributed by atoms with E-state index in [-0.39, 0.29) is 26.4 Å². The summed E-state index contributed by atoms with van der Waals surface area (Å²) in [4.78, 5) is 25.3. The fourth-order valence-corrected chi connectivity index (χ4v) is 1.79. The summed E-state index contributed by atoms with van der Waals surface area (Å²) in [5.74, 6) is -1.14. The second-order valence-electron chi connectivity index (χ2n) is 4.46. The summed E-state index contributed by atoms with van der Waals surface area (Å²) in [7, 11) is 0. The molecule has 0 saturated heterocycles. The van der Waals surface area contributed by atoms with Gasteiger partial charge in [-0.3, -0.25) is 14.5 Å². The van der Waals surface area contributed by atoms with Crippen molar-refractivity contribution in [1.82, 2.24) is 4.90 Å². The number of benzene rings is 1. The third-order valence-corrected chi connectivity index (χ3v) is 2.91. The number of aliphatic hydroxyl groups is 2. The van der Waals surface area contributed by atoms with Crippen molar-refractivity contribution in [1.29, 1.82) is 0 Å². The van der Waals surface area contributed by atoms with Gasteiger partial charge in [-0.25, -0.2) is 0 Å². The SMILES string of the molecule is CC.O=C(COCCN(CCO)CCO)C(=O)c1ccccc1. The lowest BCUT2D eigenvalue weighted by molar-refractivity contribution is -0.119. The van der Waals surface area contributed by atoms with Gasteiger partial charge in [0.2, 0.25) is 11.6 Å². The Bertz CT molecular complexity index is 430. The molecule has 0 spiro atoms. The minimum absolute atomic E-state index is 0.00851. The van der Waals surface area contributed by atoms with Gasteiger partial charge < -0.3 is 14.9 Å². The summed E-state index contributed by atoms with van der Waals surface area (Å²) in [6.07, 6.45) is 0.